The SMILES string of the molecule is CC(=O)OC1CCc2cc(c(O)c3c2C=CC2CCCC2O3)CN2C(=O)CC(CCNC(N)=NCSSCCCCCCC(O)C1)C2CCC(C)C. The van der Waals surface area contributed by atoms with Gasteiger partial charge in [-0.15, -0.1) is 0 Å². The lowest BCUT2D eigenvalue weighted by atomic mass is 9.90. The normalized spacial score (nSPS) is 28.6. The minimum absolute atomic E-state index is 0.00173. The second-order valence-electron chi connectivity index (χ2n) is 15.6. The van der Waals surface area contributed by atoms with Crippen molar-refractivity contribution in [2.45, 2.75) is 148 Å². The summed E-state index contributed by atoms with van der Waals surface area (Å²) in [5.41, 5.74) is 8.73. The van der Waals surface area contributed by atoms with Crippen LogP contribution in [0.15, 0.2) is 17.1 Å². The van der Waals surface area contributed by atoms with Crippen LogP contribution in [0.2, 0.25) is 0 Å². The summed E-state index contributed by atoms with van der Waals surface area (Å²) in [5.74, 6) is 3.35. The second kappa shape index (κ2) is 20.2. The molecule has 0 aromatic heterocycles. The van der Waals surface area contributed by atoms with Crippen LogP contribution in [0.25, 0.3) is 6.08 Å². The Bertz CT molecular complexity index is 1410. The summed E-state index contributed by atoms with van der Waals surface area (Å²) in [6, 6.07) is 2.07. The van der Waals surface area contributed by atoms with Crippen molar-refractivity contribution >= 4 is 45.5 Å². The van der Waals surface area contributed by atoms with E-state index in [0.29, 0.717) is 74.3 Å². The zero-order valence-electron chi connectivity index (χ0n) is 31.5. The molecule has 5 rings (SSSR count). The van der Waals surface area contributed by atoms with Crippen LogP contribution in [-0.2, 0) is 27.3 Å². The standard InChI is InChI=1S/C40H62N4O6S2/c1-26(2)12-17-35-30-18-19-42-40(41)43-25-52-51-20-7-5-4-6-10-32(46)23-33(49-27(3)45)15-13-29-21-31(24-44(35)37(47)22-30)38(48)39-34(29)16-14-28-9-8-11-36(28)50-39/h14,16,21,26,28,30,32-33,35-36,46,48H,4-13,15,17-20,22-25H2,1-3H3,(H3,41,42,43). The monoisotopic (exact) mass is 758 g/mol. The van der Waals surface area contributed by atoms with E-state index in [1.807, 2.05) is 11.0 Å². The number of ether oxygens (including phenoxy) is 2. The number of hydrogen-bond donors (Lipinski definition) is 4. The molecule has 1 saturated carbocycles. The van der Waals surface area contributed by atoms with Gasteiger partial charge in [0.1, 0.15) is 12.2 Å². The Balaban J connectivity index is 1.44. The summed E-state index contributed by atoms with van der Waals surface area (Å²) in [7, 11) is 3.50. The number of nitrogens with zero attached hydrogens (tertiary/aromatic N) is 2. The van der Waals surface area contributed by atoms with Crippen LogP contribution in [0.1, 0.15) is 127 Å². The smallest absolute Gasteiger partial charge is 0.302 e. The molecule has 12 heteroatoms. The van der Waals surface area contributed by atoms with Crippen molar-refractivity contribution in [2.75, 3.05) is 18.2 Å². The molecular weight excluding hydrogens is 697 g/mol. The number of esters is 1. The lowest BCUT2D eigenvalue weighted by molar-refractivity contribution is -0.148. The van der Waals surface area contributed by atoms with Crippen molar-refractivity contribution in [3.05, 3.63) is 28.8 Å². The van der Waals surface area contributed by atoms with Gasteiger partial charge in [-0.25, -0.2) is 4.99 Å². The molecule has 290 valence electrons. The van der Waals surface area contributed by atoms with Crippen LogP contribution >= 0.6 is 21.6 Å². The summed E-state index contributed by atoms with van der Waals surface area (Å²) >= 11 is 0. The van der Waals surface area contributed by atoms with Gasteiger partial charge < -0.3 is 35.6 Å². The van der Waals surface area contributed by atoms with Gasteiger partial charge in [-0.2, -0.15) is 0 Å². The third kappa shape index (κ3) is 11.7. The molecule has 4 bridgehead atoms. The highest BCUT2D eigenvalue weighted by Crippen LogP contribution is 2.45. The molecule has 1 amide bonds. The summed E-state index contributed by atoms with van der Waals surface area (Å²) in [5, 5.41) is 26.2. The molecule has 0 spiro atoms. The summed E-state index contributed by atoms with van der Waals surface area (Å²) in [6.45, 7) is 6.79. The molecule has 2 fully saturated rings. The number of aryl methyl sites for hydroxylation is 1. The molecule has 6 atom stereocenters. The van der Waals surface area contributed by atoms with Crippen LogP contribution in [0.3, 0.4) is 0 Å². The van der Waals surface area contributed by atoms with E-state index < -0.39 is 12.2 Å². The topological polar surface area (TPSA) is 147 Å². The second-order valence-corrected chi connectivity index (χ2v) is 18.2. The molecule has 1 aliphatic carbocycles. The number of rotatable bonds is 4. The van der Waals surface area contributed by atoms with Gasteiger partial charge in [0.25, 0.3) is 0 Å². The number of nitrogens with two attached hydrogens (primary N) is 1. The summed E-state index contributed by atoms with van der Waals surface area (Å²) < 4.78 is 12.4. The Morgan fingerprint density at radius 3 is 2.75 bits per heavy atom. The molecule has 6 unspecified atom stereocenters. The van der Waals surface area contributed by atoms with E-state index >= 15 is 0 Å². The third-order valence-corrected chi connectivity index (χ3v) is 13.3. The van der Waals surface area contributed by atoms with Gasteiger partial charge in [-0.3, -0.25) is 9.59 Å². The number of fused-ring (bicyclic) bond motifs is 7. The Morgan fingerprint density at radius 2 is 1.94 bits per heavy atom. The fourth-order valence-corrected chi connectivity index (χ4v) is 10.1. The molecule has 1 aromatic rings. The minimum atomic E-state index is -0.559. The average molecular weight is 759 g/mol. The number of nitrogens with one attached hydrogen (secondary N) is 1. The predicted octanol–water partition coefficient (Wildman–Crippen LogP) is 7.33. The van der Waals surface area contributed by atoms with Crippen LogP contribution in [0.4, 0.5) is 0 Å². The lowest BCUT2D eigenvalue weighted by Crippen LogP contribution is -2.37. The van der Waals surface area contributed by atoms with Crippen LogP contribution in [0.5, 0.6) is 11.5 Å². The van der Waals surface area contributed by atoms with E-state index in [1.165, 1.54) is 6.92 Å². The van der Waals surface area contributed by atoms with Gasteiger partial charge in [-0.05, 0) is 87.7 Å². The molecule has 1 saturated heterocycles. The third-order valence-electron chi connectivity index (χ3n) is 11.1. The summed E-state index contributed by atoms with van der Waals surface area (Å²) in [6.07, 6.45) is 15.9. The van der Waals surface area contributed by atoms with Crippen molar-refractivity contribution in [3.63, 3.8) is 0 Å². The number of benzene rings is 1. The van der Waals surface area contributed by atoms with Crippen molar-refractivity contribution in [1.29, 1.82) is 0 Å². The first kappa shape index (κ1) is 40.6. The van der Waals surface area contributed by atoms with Gasteiger partial charge in [0.05, 0.1) is 12.0 Å². The number of phenols is 1. The average Bonchev–Trinajstić information content (AvgIpc) is 3.60. The predicted molar refractivity (Wildman–Crippen MR) is 212 cm³/mol. The van der Waals surface area contributed by atoms with E-state index in [2.05, 4.69) is 36.3 Å². The molecule has 0 radical (unpaired) electrons. The van der Waals surface area contributed by atoms with Gasteiger partial charge in [0.15, 0.2) is 17.5 Å². The summed E-state index contributed by atoms with van der Waals surface area (Å²) in [4.78, 5) is 32.4. The number of aliphatic hydroxyl groups is 1. The van der Waals surface area contributed by atoms with E-state index in [0.717, 1.165) is 81.1 Å². The lowest BCUT2D eigenvalue weighted by Gasteiger charge is -2.30. The molecule has 5 N–H and O–H groups in total. The minimum Gasteiger partial charge on any atom is -0.504 e. The first-order chi connectivity index (χ1) is 25.1. The number of carbonyl (C=O) groups is 2. The first-order valence-corrected chi connectivity index (χ1v) is 22.2. The maximum atomic E-state index is 13.8. The van der Waals surface area contributed by atoms with E-state index in [1.54, 1.807) is 21.6 Å². The van der Waals surface area contributed by atoms with Gasteiger partial charge in [-0.1, -0.05) is 66.8 Å². The van der Waals surface area contributed by atoms with E-state index in [4.69, 9.17) is 15.2 Å². The highest BCUT2D eigenvalue weighted by atomic mass is 33.1. The van der Waals surface area contributed by atoms with Crippen molar-refractivity contribution in [2.24, 2.45) is 28.5 Å². The number of guanidine groups is 1. The highest BCUT2D eigenvalue weighted by Gasteiger charge is 2.40. The molecule has 52 heavy (non-hydrogen) atoms. The maximum Gasteiger partial charge on any atom is 0.302 e. The number of amides is 1. The zero-order valence-corrected chi connectivity index (χ0v) is 33.2. The number of aromatic hydroxyl groups is 1. The van der Waals surface area contributed by atoms with E-state index in [-0.39, 0.29) is 41.6 Å². The molecule has 1 aromatic carbocycles. The molecule has 10 nitrogen and oxygen atoms in total. The first-order valence-electron chi connectivity index (χ1n) is 19.7. The number of aliphatic hydroxyl groups excluding tert-OH is 1. The highest BCUT2D eigenvalue weighted by molar-refractivity contribution is 8.76. The number of aliphatic imine (C=N–C) groups is 1. The molecule has 3 aliphatic heterocycles. The Kier molecular flexibility index (Phi) is 15.8. The van der Waals surface area contributed by atoms with Gasteiger partial charge >= 0.3 is 5.97 Å². The van der Waals surface area contributed by atoms with Crippen molar-refractivity contribution in [3.8, 4) is 11.5 Å². The fourth-order valence-electron chi connectivity index (χ4n) is 8.32. The van der Waals surface area contributed by atoms with Gasteiger partial charge in [0.2, 0.25) is 5.91 Å². The quantitative estimate of drug-likeness (QED) is 0.182. The fraction of sp³-hybridized carbons (Fsp3) is 0.725. The van der Waals surface area contributed by atoms with Crippen LogP contribution < -0.4 is 15.8 Å². The Morgan fingerprint density at radius 1 is 1.12 bits per heavy atom. The van der Waals surface area contributed by atoms with Gasteiger partial charge in [0, 0.05) is 61.7 Å². The van der Waals surface area contributed by atoms with Crippen molar-refractivity contribution < 1.29 is 29.3 Å². The van der Waals surface area contributed by atoms with Crippen molar-refractivity contribution in [1.82, 2.24) is 10.2 Å². The number of carbonyl (C=O) groups excluding carboxylic acids is 2. The number of phenolic OH excluding ortho intramolecular Hbond substituents is 1. The van der Waals surface area contributed by atoms with E-state index in [9.17, 15) is 19.8 Å². The largest absolute Gasteiger partial charge is 0.504 e. The van der Waals surface area contributed by atoms with Crippen LogP contribution in [-0.4, -0.2) is 75.5 Å². The molecule has 3 heterocycles. The molecule has 4 aliphatic rings. The zero-order chi connectivity index (χ0) is 37.0. The van der Waals surface area contributed by atoms with Crippen LogP contribution in [0, 0.1) is 17.8 Å². The Labute approximate surface area is 318 Å². The maximum absolute atomic E-state index is 13.8. The molecular formula is C40H62N4O6S2. The Hall–Kier alpha value is -2.57. The number of hydrogen-bond acceptors (Lipinski definition) is 11.